The second-order valence-electron chi connectivity index (χ2n) is 11.2. The number of sulfone groups is 1. The van der Waals surface area contributed by atoms with E-state index in [9.17, 15) is 31.5 Å². The average Bonchev–Trinajstić information content (AvgIpc) is 3.75. The third-order valence-corrected chi connectivity index (χ3v) is 10.2. The number of aliphatic imine (C=N–C) groups is 1. The summed E-state index contributed by atoms with van der Waals surface area (Å²) in [4.78, 5) is 18.2. The molecule has 0 saturated heterocycles. The van der Waals surface area contributed by atoms with E-state index in [-0.39, 0.29) is 50.1 Å². The number of halogens is 3. The number of rotatable bonds is 11. The van der Waals surface area contributed by atoms with Crippen LogP contribution in [0.1, 0.15) is 45.4 Å². The first-order valence-electron chi connectivity index (χ1n) is 14.0. The van der Waals surface area contributed by atoms with E-state index >= 15 is 0 Å². The van der Waals surface area contributed by atoms with Gasteiger partial charge < -0.3 is 26.0 Å². The predicted octanol–water partition coefficient (Wildman–Crippen LogP) is 2.75. The zero-order chi connectivity index (χ0) is 30.7. The van der Waals surface area contributed by atoms with Crippen LogP contribution in [0.4, 0.5) is 18.0 Å². The Labute approximate surface area is 244 Å². The SMILES string of the molecule is C[C@@H](CO)N[C@@H]1C=C(C2(S(=O)(=O)C3=CCCC=C3C(F)(F)F)CC2)N=C(C2=CC=C(NC(=O)NCCN(C)C)CC2)N1. The van der Waals surface area contributed by atoms with Gasteiger partial charge in [0.2, 0.25) is 0 Å². The van der Waals surface area contributed by atoms with E-state index in [2.05, 4.69) is 26.3 Å². The Morgan fingerprint density at radius 2 is 1.93 bits per heavy atom. The number of likely N-dealkylation sites (N-methyl/N-ethyl adjacent to an activating group) is 1. The molecule has 1 saturated carbocycles. The van der Waals surface area contributed by atoms with Crippen molar-refractivity contribution in [3.63, 3.8) is 0 Å². The summed E-state index contributed by atoms with van der Waals surface area (Å²) in [6.07, 6.45) is 3.45. The molecule has 2 atom stereocenters. The highest BCUT2D eigenvalue weighted by Gasteiger charge is 2.61. The molecule has 0 aromatic heterocycles. The molecule has 232 valence electrons. The number of carbonyl (C=O) groups excluding carboxylic acids is 1. The molecule has 0 bridgehead atoms. The van der Waals surface area contributed by atoms with Crippen LogP contribution in [-0.2, 0) is 9.84 Å². The highest BCUT2D eigenvalue weighted by molar-refractivity contribution is 7.97. The molecule has 0 spiro atoms. The quantitative estimate of drug-likeness (QED) is 0.242. The van der Waals surface area contributed by atoms with Gasteiger partial charge in [0.05, 0.1) is 28.9 Å². The van der Waals surface area contributed by atoms with Gasteiger partial charge in [-0.1, -0.05) is 18.2 Å². The van der Waals surface area contributed by atoms with Gasteiger partial charge >= 0.3 is 12.2 Å². The first kappa shape index (κ1) is 32.0. The van der Waals surface area contributed by atoms with E-state index in [0.29, 0.717) is 37.5 Å². The Balaban J connectivity index is 1.61. The fraction of sp³-hybridized carbons (Fsp3) is 0.571. The molecule has 4 rings (SSSR count). The number of nitrogens with zero attached hydrogens (tertiary/aromatic N) is 2. The van der Waals surface area contributed by atoms with E-state index in [1.807, 2.05) is 19.0 Å². The van der Waals surface area contributed by atoms with Crippen molar-refractivity contribution in [1.29, 1.82) is 0 Å². The molecular weight excluding hydrogens is 573 g/mol. The number of urea groups is 1. The largest absolute Gasteiger partial charge is 0.417 e. The summed E-state index contributed by atoms with van der Waals surface area (Å²) in [5.74, 6) is 0.395. The topological polar surface area (TPSA) is 135 Å². The average molecular weight is 613 g/mol. The van der Waals surface area contributed by atoms with Crippen LogP contribution in [-0.4, -0.2) is 87.2 Å². The number of aliphatic hydroxyl groups is 1. The summed E-state index contributed by atoms with van der Waals surface area (Å²) in [5, 5.41) is 21.6. The Bertz CT molecular complexity index is 1360. The van der Waals surface area contributed by atoms with Crippen molar-refractivity contribution in [1.82, 2.24) is 26.2 Å². The lowest BCUT2D eigenvalue weighted by atomic mass is 10.0. The van der Waals surface area contributed by atoms with Crippen LogP contribution in [0.2, 0.25) is 0 Å². The molecule has 5 N–H and O–H groups in total. The molecule has 1 heterocycles. The minimum atomic E-state index is -4.79. The third kappa shape index (κ3) is 7.16. The van der Waals surface area contributed by atoms with E-state index in [1.165, 1.54) is 6.08 Å². The summed E-state index contributed by atoms with van der Waals surface area (Å²) in [6.45, 7) is 2.76. The predicted molar refractivity (Wildman–Crippen MR) is 155 cm³/mol. The van der Waals surface area contributed by atoms with Gasteiger partial charge in [-0.15, -0.1) is 0 Å². The number of amides is 2. The van der Waals surface area contributed by atoms with Gasteiger partial charge in [0.15, 0.2) is 9.84 Å². The van der Waals surface area contributed by atoms with Crippen LogP contribution >= 0.6 is 0 Å². The van der Waals surface area contributed by atoms with Crippen LogP contribution < -0.4 is 21.3 Å². The Kier molecular flexibility index (Phi) is 9.70. The molecule has 14 heteroatoms. The van der Waals surface area contributed by atoms with E-state index in [1.54, 1.807) is 25.2 Å². The molecule has 0 unspecified atom stereocenters. The van der Waals surface area contributed by atoms with Crippen molar-refractivity contribution in [2.75, 3.05) is 33.8 Å². The molecule has 4 aliphatic rings. The fourth-order valence-electron chi connectivity index (χ4n) is 5.07. The van der Waals surface area contributed by atoms with Gasteiger partial charge in [-0.05, 0) is 77.3 Å². The van der Waals surface area contributed by atoms with Crippen molar-refractivity contribution in [2.45, 2.75) is 68.6 Å². The van der Waals surface area contributed by atoms with Crippen molar-refractivity contribution >= 4 is 21.7 Å². The Morgan fingerprint density at radius 3 is 2.52 bits per heavy atom. The summed E-state index contributed by atoms with van der Waals surface area (Å²) in [7, 11) is -0.606. The molecular formula is C28H39F3N6O4S. The van der Waals surface area contributed by atoms with Crippen LogP contribution in [0, 0.1) is 0 Å². The van der Waals surface area contributed by atoms with Gasteiger partial charge in [-0.25, -0.2) is 18.2 Å². The Morgan fingerprint density at radius 1 is 1.21 bits per heavy atom. The lowest BCUT2D eigenvalue weighted by Gasteiger charge is -2.31. The number of hydrogen-bond donors (Lipinski definition) is 5. The smallest absolute Gasteiger partial charge is 0.395 e. The minimum Gasteiger partial charge on any atom is -0.395 e. The van der Waals surface area contributed by atoms with Crippen LogP contribution in [0.5, 0.6) is 0 Å². The molecule has 0 aromatic carbocycles. The third-order valence-electron chi connectivity index (χ3n) is 7.55. The van der Waals surface area contributed by atoms with E-state index in [0.717, 1.165) is 11.6 Å². The minimum absolute atomic E-state index is 0.122. The normalized spacial score (nSPS) is 22.9. The standard InChI is InChI=1S/C28H39F3N6O4S/c1-18(17-38)33-24-16-23(27(12-13-27)42(40,41)22-7-5-4-6-21(22)28(29,30)31)35-25(36-24)19-8-10-20(11-9-19)34-26(39)32-14-15-37(2)3/h6-8,10,16,18,24,33,38H,4-5,9,11-15,17H2,1-3H3,(H,35,36)(H2,32,34,39)/t18-,24-/m0/s1. The van der Waals surface area contributed by atoms with E-state index in [4.69, 9.17) is 0 Å². The molecule has 42 heavy (non-hydrogen) atoms. The number of amidine groups is 1. The molecule has 2 amide bonds. The second-order valence-corrected chi connectivity index (χ2v) is 13.4. The van der Waals surface area contributed by atoms with Crippen LogP contribution in [0.3, 0.4) is 0 Å². The summed E-state index contributed by atoms with van der Waals surface area (Å²) in [6, 6.07) is -0.667. The number of carbonyl (C=O) groups is 1. The maximum absolute atomic E-state index is 13.9. The highest BCUT2D eigenvalue weighted by atomic mass is 32.2. The number of alkyl halides is 3. The van der Waals surface area contributed by atoms with Crippen molar-refractivity contribution in [2.24, 2.45) is 4.99 Å². The first-order valence-corrected chi connectivity index (χ1v) is 15.5. The van der Waals surface area contributed by atoms with Gasteiger partial charge in [0.1, 0.15) is 10.6 Å². The van der Waals surface area contributed by atoms with Gasteiger partial charge in [0.25, 0.3) is 0 Å². The second kappa shape index (κ2) is 12.7. The van der Waals surface area contributed by atoms with Gasteiger partial charge in [-0.2, -0.15) is 13.2 Å². The molecule has 0 radical (unpaired) electrons. The van der Waals surface area contributed by atoms with E-state index < -0.39 is 37.4 Å². The van der Waals surface area contributed by atoms with Crippen LogP contribution in [0.15, 0.2) is 62.8 Å². The number of hydrogen-bond acceptors (Lipinski definition) is 8. The monoisotopic (exact) mass is 612 g/mol. The van der Waals surface area contributed by atoms with Crippen LogP contribution in [0.25, 0.3) is 0 Å². The summed E-state index contributed by atoms with van der Waals surface area (Å²) < 4.78 is 67.7. The zero-order valence-electron chi connectivity index (χ0n) is 24.0. The summed E-state index contributed by atoms with van der Waals surface area (Å²) >= 11 is 0. The fourth-order valence-corrected chi connectivity index (χ4v) is 7.35. The van der Waals surface area contributed by atoms with Crippen molar-refractivity contribution in [3.05, 3.63) is 57.8 Å². The van der Waals surface area contributed by atoms with Crippen molar-refractivity contribution < 1.29 is 31.5 Å². The van der Waals surface area contributed by atoms with Gasteiger partial charge in [0, 0.05) is 24.8 Å². The summed E-state index contributed by atoms with van der Waals surface area (Å²) in [5.41, 5.74) is 0.520. The molecule has 3 aliphatic carbocycles. The first-order chi connectivity index (χ1) is 19.8. The lowest BCUT2D eigenvalue weighted by molar-refractivity contribution is -0.0891. The Hall–Kier alpha value is -2.94. The molecule has 1 fully saturated rings. The highest BCUT2D eigenvalue weighted by Crippen LogP contribution is 2.55. The molecule has 1 aliphatic heterocycles. The zero-order valence-corrected chi connectivity index (χ0v) is 24.8. The lowest BCUT2D eigenvalue weighted by Crippen LogP contribution is -2.51. The number of aliphatic hydroxyl groups excluding tert-OH is 1. The van der Waals surface area contributed by atoms with Crippen molar-refractivity contribution in [3.8, 4) is 0 Å². The molecule has 10 nitrogen and oxygen atoms in total. The number of allylic oxidation sites excluding steroid dienone is 6. The maximum atomic E-state index is 13.9. The van der Waals surface area contributed by atoms with Gasteiger partial charge in [-0.3, -0.25) is 5.32 Å². The number of nitrogens with one attached hydrogen (secondary N) is 4. The molecule has 0 aromatic rings. The maximum Gasteiger partial charge on any atom is 0.417 e.